The summed E-state index contributed by atoms with van der Waals surface area (Å²) < 4.78 is 20.5. The van der Waals surface area contributed by atoms with E-state index < -0.39 is 22.7 Å². The van der Waals surface area contributed by atoms with Crippen LogP contribution in [0.2, 0.25) is 23.2 Å². The first-order chi connectivity index (χ1) is 17.6. The topological polar surface area (TPSA) is 44.8 Å². The molecule has 1 saturated heterocycles. The number of benzene rings is 2. The molecule has 4 nitrogen and oxygen atoms in total. The number of hydrogen-bond acceptors (Lipinski definition) is 4. The monoisotopic (exact) mass is 554 g/mol. The molecule has 2 aromatic carbocycles. The van der Waals surface area contributed by atoms with Crippen molar-refractivity contribution >= 4 is 33.3 Å². The van der Waals surface area contributed by atoms with Crippen LogP contribution in [0.1, 0.15) is 68.2 Å². The van der Waals surface area contributed by atoms with Crippen LogP contribution in [0.15, 0.2) is 60.7 Å². The van der Waals surface area contributed by atoms with Gasteiger partial charge in [0.2, 0.25) is 0 Å². The fraction of sp³-hybridized carbons (Fsp3) is 0.594. The van der Waals surface area contributed by atoms with Gasteiger partial charge in [0.1, 0.15) is 12.4 Å². The highest BCUT2D eigenvalue weighted by atomic mass is 28.4. The van der Waals surface area contributed by atoms with Crippen LogP contribution in [-0.2, 0) is 18.4 Å². The molecule has 0 unspecified atom stereocenters. The number of carbonyl (C=O) groups is 1. The maximum Gasteiger partial charge on any atom is 0.261 e. The summed E-state index contributed by atoms with van der Waals surface area (Å²) in [7, 11) is -4.66. The van der Waals surface area contributed by atoms with Gasteiger partial charge in [-0.25, -0.2) is 0 Å². The first kappa shape index (κ1) is 31.0. The number of ether oxygens (including phenoxy) is 1. The van der Waals surface area contributed by atoms with Crippen molar-refractivity contribution in [2.75, 3.05) is 6.61 Å². The van der Waals surface area contributed by atoms with Crippen molar-refractivity contribution in [3.63, 3.8) is 0 Å². The second-order valence-electron chi connectivity index (χ2n) is 14.0. The zero-order valence-corrected chi connectivity index (χ0v) is 27.3. The largest absolute Gasteiger partial charge is 0.413 e. The predicted molar refractivity (Wildman–Crippen MR) is 163 cm³/mol. The molecule has 3 atom stereocenters. The molecule has 0 spiro atoms. The van der Waals surface area contributed by atoms with Gasteiger partial charge in [-0.05, 0) is 40.0 Å². The van der Waals surface area contributed by atoms with Gasteiger partial charge in [0.05, 0.1) is 12.2 Å². The molecular weight excluding hydrogens is 505 g/mol. The number of aldehydes is 1. The molecule has 1 fully saturated rings. The minimum atomic E-state index is -2.64. The van der Waals surface area contributed by atoms with E-state index in [4.69, 9.17) is 13.6 Å². The van der Waals surface area contributed by atoms with Crippen LogP contribution in [0.4, 0.5) is 0 Å². The van der Waals surface area contributed by atoms with E-state index in [0.29, 0.717) is 19.4 Å². The summed E-state index contributed by atoms with van der Waals surface area (Å²) >= 11 is 0. The molecule has 38 heavy (non-hydrogen) atoms. The standard InChI is InChI=1S/C32H50O4Si2/c1-30(2,3)37(9,10)36-29-23-25(24-33)35-28(32(29,7)8)21-22-34-38(31(4,5)6,26-17-13-11-14-18-26)27-19-15-12-16-20-27/h11-20,24-25,28-29H,21-23H2,1-10H3/t25-,28+,29+/m0/s1. The van der Waals surface area contributed by atoms with Gasteiger partial charge in [-0.3, -0.25) is 0 Å². The lowest BCUT2D eigenvalue weighted by Gasteiger charge is -2.51. The summed E-state index contributed by atoms with van der Waals surface area (Å²) in [5.41, 5.74) is -0.246. The van der Waals surface area contributed by atoms with E-state index in [2.05, 4.69) is 129 Å². The van der Waals surface area contributed by atoms with Crippen molar-refractivity contribution in [3.05, 3.63) is 60.7 Å². The summed E-state index contributed by atoms with van der Waals surface area (Å²) in [4.78, 5) is 12.0. The van der Waals surface area contributed by atoms with E-state index in [0.717, 1.165) is 6.29 Å². The predicted octanol–water partition coefficient (Wildman–Crippen LogP) is 6.73. The van der Waals surface area contributed by atoms with Crippen molar-refractivity contribution in [2.45, 2.75) is 110 Å². The van der Waals surface area contributed by atoms with E-state index >= 15 is 0 Å². The highest BCUT2D eigenvalue weighted by molar-refractivity contribution is 6.99. The molecule has 0 N–H and O–H groups in total. The quantitative estimate of drug-likeness (QED) is 0.255. The Labute approximate surface area is 233 Å². The molecule has 6 heteroatoms. The summed E-state index contributed by atoms with van der Waals surface area (Å²) in [5, 5.41) is 2.55. The normalized spacial score (nSPS) is 22.7. The molecule has 1 heterocycles. The molecular formula is C32H50O4Si2. The van der Waals surface area contributed by atoms with Crippen molar-refractivity contribution in [2.24, 2.45) is 5.41 Å². The van der Waals surface area contributed by atoms with Crippen LogP contribution in [-0.4, -0.2) is 47.8 Å². The van der Waals surface area contributed by atoms with Gasteiger partial charge >= 0.3 is 0 Å². The third-order valence-electron chi connectivity index (χ3n) is 8.96. The molecule has 0 aromatic heterocycles. The molecule has 1 aliphatic heterocycles. The second kappa shape index (κ2) is 11.5. The van der Waals surface area contributed by atoms with Gasteiger partial charge in [0.15, 0.2) is 8.32 Å². The zero-order valence-electron chi connectivity index (χ0n) is 25.3. The molecule has 0 bridgehead atoms. The van der Waals surface area contributed by atoms with E-state index in [1.807, 2.05) is 0 Å². The molecule has 2 aromatic rings. The summed E-state index contributed by atoms with van der Waals surface area (Å²) in [6.07, 6.45) is 1.64. The summed E-state index contributed by atoms with van der Waals surface area (Å²) in [5.74, 6) is 0. The Morgan fingerprint density at radius 3 is 1.82 bits per heavy atom. The van der Waals surface area contributed by atoms with Gasteiger partial charge in [0, 0.05) is 18.4 Å². The smallest absolute Gasteiger partial charge is 0.261 e. The molecule has 0 aliphatic carbocycles. The van der Waals surface area contributed by atoms with E-state index in [1.54, 1.807) is 0 Å². The number of hydrogen-bond donors (Lipinski definition) is 0. The van der Waals surface area contributed by atoms with E-state index in [1.165, 1.54) is 10.4 Å². The number of carbonyl (C=O) groups excluding carboxylic acids is 1. The SMILES string of the molecule is CC1(C)[C@@H](CCO[Si](c2ccccc2)(c2ccccc2)C(C)(C)C)O[C@H](C=O)C[C@H]1O[Si](C)(C)C(C)(C)C. The Morgan fingerprint density at radius 1 is 0.895 bits per heavy atom. The van der Waals surface area contributed by atoms with E-state index in [-0.39, 0.29) is 27.7 Å². The van der Waals surface area contributed by atoms with Crippen LogP contribution in [0, 0.1) is 5.41 Å². The third-order valence-corrected chi connectivity index (χ3v) is 18.5. The molecule has 0 saturated carbocycles. The maximum atomic E-state index is 12.0. The maximum absolute atomic E-state index is 12.0. The van der Waals surface area contributed by atoms with E-state index in [9.17, 15) is 4.79 Å². The number of rotatable bonds is 9. The zero-order chi connectivity index (χ0) is 28.4. The van der Waals surface area contributed by atoms with Crippen molar-refractivity contribution in [3.8, 4) is 0 Å². The van der Waals surface area contributed by atoms with Gasteiger partial charge in [0.25, 0.3) is 8.32 Å². The second-order valence-corrected chi connectivity index (χ2v) is 23.1. The van der Waals surface area contributed by atoms with Crippen LogP contribution in [0.25, 0.3) is 0 Å². The van der Waals surface area contributed by atoms with Crippen molar-refractivity contribution < 1.29 is 18.4 Å². The van der Waals surface area contributed by atoms with Crippen LogP contribution < -0.4 is 10.4 Å². The average molecular weight is 555 g/mol. The minimum absolute atomic E-state index is 0.0368. The van der Waals surface area contributed by atoms with Gasteiger partial charge in [-0.1, -0.05) is 116 Å². The Bertz CT molecular complexity index is 999. The first-order valence-corrected chi connectivity index (χ1v) is 18.9. The average Bonchev–Trinajstić information content (AvgIpc) is 2.83. The molecule has 0 amide bonds. The van der Waals surface area contributed by atoms with Crippen molar-refractivity contribution in [1.82, 2.24) is 0 Å². The van der Waals surface area contributed by atoms with Gasteiger partial charge in [-0.15, -0.1) is 0 Å². The Kier molecular flexibility index (Phi) is 9.37. The van der Waals surface area contributed by atoms with Crippen LogP contribution >= 0.6 is 0 Å². The summed E-state index contributed by atoms with van der Waals surface area (Å²) in [6.45, 7) is 23.3. The lowest BCUT2D eigenvalue weighted by atomic mass is 9.75. The highest BCUT2D eigenvalue weighted by Gasteiger charge is 2.52. The van der Waals surface area contributed by atoms with Crippen LogP contribution in [0.5, 0.6) is 0 Å². The van der Waals surface area contributed by atoms with Crippen molar-refractivity contribution in [1.29, 1.82) is 0 Å². The van der Waals surface area contributed by atoms with Crippen LogP contribution in [0.3, 0.4) is 0 Å². The Hall–Kier alpha value is -1.58. The molecule has 3 rings (SSSR count). The lowest BCUT2D eigenvalue weighted by molar-refractivity contribution is -0.173. The third kappa shape index (κ3) is 6.25. The Morgan fingerprint density at radius 2 is 1.39 bits per heavy atom. The highest BCUT2D eigenvalue weighted by Crippen LogP contribution is 2.45. The molecule has 210 valence electrons. The fourth-order valence-electron chi connectivity index (χ4n) is 5.50. The fourth-order valence-corrected chi connectivity index (χ4v) is 11.5. The van der Waals surface area contributed by atoms with Gasteiger partial charge < -0.3 is 18.4 Å². The summed E-state index contributed by atoms with van der Waals surface area (Å²) in [6, 6.07) is 21.5. The molecule has 1 aliphatic rings. The minimum Gasteiger partial charge on any atom is -0.413 e. The first-order valence-electron chi connectivity index (χ1n) is 14.1. The Balaban J connectivity index is 1.91. The lowest BCUT2D eigenvalue weighted by Crippen LogP contribution is -2.66. The van der Waals surface area contributed by atoms with Gasteiger partial charge in [-0.2, -0.15) is 0 Å². The molecule has 0 radical (unpaired) electrons.